The molecule has 168 valence electrons. The lowest BCUT2D eigenvalue weighted by Crippen LogP contribution is -2.12. The van der Waals surface area contributed by atoms with E-state index in [0.29, 0.717) is 17.9 Å². The van der Waals surface area contributed by atoms with Gasteiger partial charge in [0, 0.05) is 54.6 Å². The first-order valence-corrected chi connectivity index (χ1v) is 10.6. The molecule has 11 heteroatoms. The van der Waals surface area contributed by atoms with Gasteiger partial charge in [-0.1, -0.05) is 0 Å². The van der Waals surface area contributed by atoms with Crippen molar-refractivity contribution in [3.8, 4) is 11.3 Å². The van der Waals surface area contributed by atoms with Gasteiger partial charge in [0.05, 0.1) is 36.5 Å². The van der Waals surface area contributed by atoms with Crippen LogP contribution in [-0.4, -0.2) is 49.8 Å². The zero-order valence-corrected chi connectivity index (χ0v) is 18.9. The SMILES string of the molecule is CCn1ncc(Cn2cc(NC(=O)c3cc4nccc(-c5cnn(C)c5C)n4n3)cn2)c1C. The number of anilines is 1. The molecule has 0 aliphatic rings. The largest absolute Gasteiger partial charge is 0.318 e. The minimum absolute atomic E-state index is 0.268. The first-order valence-electron chi connectivity index (χ1n) is 10.6. The minimum atomic E-state index is -0.330. The number of nitrogens with zero attached hydrogens (tertiary/aromatic N) is 9. The Morgan fingerprint density at radius 1 is 1.09 bits per heavy atom. The predicted molar refractivity (Wildman–Crippen MR) is 122 cm³/mol. The van der Waals surface area contributed by atoms with Gasteiger partial charge in [0.25, 0.3) is 5.91 Å². The number of aromatic nitrogens is 9. The first kappa shape index (κ1) is 20.6. The van der Waals surface area contributed by atoms with Crippen LogP contribution in [-0.2, 0) is 20.1 Å². The van der Waals surface area contributed by atoms with Gasteiger partial charge in [-0.2, -0.15) is 20.4 Å². The molecule has 5 aromatic heterocycles. The van der Waals surface area contributed by atoms with E-state index in [9.17, 15) is 4.79 Å². The Morgan fingerprint density at radius 2 is 1.94 bits per heavy atom. The van der Waals surface area contributed by atoms with Crippen molar-refractivity contribution in [1.29, 1.82) is 0 Å². The van der Waals surface area contributed by atoms with Crippen molar-refractivity contribution in [2.75, 3.05) is 5.32 Å². The number of nitrogens with one attached hydrogen (secondary N) is 1. The van der Waals surface area contributed by atoms with E-state index in [1.807, 2.05) is 37.8 Å². The highest BCUT2D eigenvalue weighted by Crippen LogP contribution is 2.23. The van der Waals surface area contributed by atoms with Crippen molar-refractivity contribution >= 4 is 17.2 Å². The zero-order chi connectivity index (χ0) is 23.1. The summed E-state index contributed by atoms with van der Waals surface area (Å²) in [7, 11) is 1.89. The van der Waals surface area contributed by atoms with Crippen molar-refractivity contribution < 1.29 is 4.79 Å². The first-order chi connectivity index (χ1) is 15.9. The summed E-state index contributed by atoms with van der Waals surface area (Å²) >= 11 is 0. The second kappa shape index (κ2) is 8.01. The number of fused-ring (bicyclic) bond motifs is 1. The highest BCUT2D eigenvalue weighted by molar-refractivity contribution is 6.03. The van der Waals surface area contributed by atoms with E-state index in [2.05, 4.69) is 37.6 Å². The maximum atomic E-state index is 12.9. The number of carbonyl (C=O) groups excluding carboxylic acids is 1. The summed E-state index contributed by atoms with van der Waals surface area (Å²) in [4.78, 5) is 17.2. The van der Waals surface area contributed by atoms with Crippen molar-refractivity contribution in [2.45, 2.75) is 33.9 Å². The Balaban J connectivity index is 1.36. The van der Waals surface area contributed by atoms with Crippen LogP contribution in [0.5, 0.6) is 0 Å². The van der Waals surface area contributed by atoms with Gasteiger partial charge in [-0.3, -0.25) is 18.8 Å². The van der Waals surface area contributed by atoms with Crippen molar-refractivity contribution in [3.05, 3.63) is 65.8 Å². The number of rotatable bonds is 6. The topological polar surface area (TPSA) is 113 Å². The number of hydrogen-bond acceptors (Lipinski definition) is 6. The molecule has 0 saturated carbocycles. The molecular formula is C22H24N10O. The number of hydrogen-bond donors (Lipinski definition) is 1. The van der Waals surface area contributed by atoms with E-state index >= 15 is 0 Å². The van der Waals surface area contributed by atoms with Crippen LogP contribution in [0.25, 0.3) is 16.9 Å². The molecule has 5 rings (SSSR count). The third-order valence-corrected chi connectivity index (χ3v) is 5.83. The number of aryl methyl sites for hydroxylation is 2. The summed E-state index contributed by atoms with van der Waals surface area (Å²) in [6.07, 6.45) is 8.75. The molecule has 0 bridgehead atoms. The van der Waals surface area contributed by atoms with Crippen LogP contribution in [0.4, 0.5) is 5.69 Å². The van der Waals surface area contributed by atoms with Crippen molar-refractivity contribution in [3.63, 3.8) is 0 Å². The quantitative estimate of drug-likeness (QED) is 0.430. The lowest BCUT2D eigenvalue weighted by molar-refractivity contribution is 0.102. The molecule has 0 fully saturated rings. The second-order valence-electron chi connectivity index (χ2n) is 7.85. The third kappa shape index (κ3) is 3.67. The summed E-state index contributed by atoms with van der Waals surface area (Å²) in [5.41, 5.74) is 6.38. The minimum Gasteiger partial charge on any atom is -0.318 e. The standard InChI is InChI=1S/C22H24N10O/c1-5-31-14(2)16(9-26-31)12-30-13-17(10-25-30)27-22(33)19-8-21-23-7-6-20(32(21)28-19)18-11-24-29(4)15(18)3/h6-11,13H,5,12H2,1-4H3,(H,27,33). The maximum Gasteiger partial charge on any atom is 0.276 e. The average Bonchev–Trinajstić information content (AvgIpc) is 3.58. The second-order valence-corrected chi connectivity index (χ2v) is 7.85. The van der Waals surface area contributed by atoms with Crippen LogP contribution < -0.4 is 5.32 Å². The van der Waals surface area contributed by atoms with Crippen LogP contribution in [0.3, 0.4) is 0 Å². The van der Waals surface area contributed by atoms with Crippen LogP contribution in [0, 0.1) is 13.8 Å². The van der Waals surface area contributed by atoms with E-state index in [1.165, 1.54) is 0 Å². The molecule has 5 aromatic rings. The molecule has 0 atom stereocenters. The lowest BCUT2D eigenvalue weighted by atomic mass is 10.2. The molecule has 0 spiro atoms. The van der Waals surface area contributed by atoms with Gasteiger partial charge in [0.1, 0.15) is 0 Å². The fourth-order valence-corrected chi connectivity index (χ4v) is 3.80. The van der Waals surface area contributed by atoms with E-state index in [-0.39, 0.29) is 11.6 Å². The predicted octanol–water partition coefficient (Wildman–Crippen LogP) is 2.46. The molecule has 0 aliphatic heterocycles. The van der Waals surface area contributed by atoms with E-state index in [0.717, 1.165) is 34.8 Å². The summed E-state index contributed by atoms with van der Waals surface area (Å²) in [5.74, 6) is -0.330. The van der Waals surface area contributed by atoms with Crippen LogP contribution >= 0.6 is 0 Å². The Morgan fingerprint density at radius 3 is 2.67 bits per heavy atom. The van der Waals surface area contributed by atoms with Gasteiger partial charge in [0.2, 0.25) is 0 Å². The van der Waals surface area contributed by atoms with Crippen molar-refractivity contribution in [2.24, 2.45) is 7.05 Å². The van der Waals surface area contributed by atoms with Crippen LogP contribution in [0.15, 0.2) is 43.1 Å². The molecule has 0 unspecified atom stereocenters. The van der Waals surface area contributed by atoms with Gasteiger partial charge in [-0.05, 0) is 26.8 Å². The zero-order valence-electron chi connectivity index (χ0n) is 18.9. The van der Waals surface area contributed by atoms with Gasteiger partial charge in [-0.15, -0.1) is 0 Å². The van der Waals surface area contributed by atoms with Gasteiger partial charge < -0.3 is 5.32 Å². The van der Waals surface area contributed by atoms with Gasteiger partial charge in [0.15, 0.2) is 11.3 Å². The molecule has 1 amide bonds. The van der Waals surface area contributed by atoms with Crippen LogP contribution in [0.2, 0.25) is 0 Å². The molecule has 0 saturated heterocycles. The number of carbonyl (C=O) groups is 1. The summed E-state index contributed by atoms with van der Waals surface area (Å²) in [5, 5.41) is 20.4. The molecule has 5 heterocycles. The molecule has 11 nitrogen and oxygen atoms in total. The summed E-state index contributed by atoms with van der Waals surface area (Å²) < 4.78 is 7.18. The van der Waals surface area contributed by atoms with Crippen LogP contribution in [0.1, 0.15) is 34.4 Å². The lowest BCUT2D eigenvalue weighted by Gasteiger charge is -2.04. The molecule has 1 N–H and O–H groups in total. The highest BCUT2D eigenvalue weighted by Gasteiger charge is 2.17. The van der Waals surface area contributed by atoms with E-state index < -0.39 is 0 Å². The fraction of sp³-hybridized carbons (Fsp3) is 0.273. The maximum absolute atomic E-state index is 12.9. The van der Waals surface area contributed by atoms with Gasteiger partial charge in [-0.25, -0.2) is 9.50 Å². The smallest absolute Gasteiger partial charge is 0.276 e. The molecule has 0 aromatic carbocycles. The molecule has 33 heavy (non-hydrogen) atoms. The fourth-order valence-electron chi connectivity index (χ4n) is 3.80. The third-order valence-electron chi connectivity index (χ3n) is 5.83. The van der Waals surface area contributed by atoms with E-state index in [4.69, 9.17) is 0 Å². The average molecular weight is 445 g/mol. The molecular weight excluding hydrogens is 420 g/mol. The van der Waals surface area contributed by atoms with Gasteiger partial charge >= 0.3 is 0 Å². The Labute approximate surface area is 189 Å². The normalized spacial score (nSPS) is 11.4. The number of amides is 1. The molecule has 0 aliphatic carbocycles. The monoisotopic (exact) mass is 444 g/mol. The Kier molecular flexibility index (Phi) is 5.00. The summed E-state index contributed by atoms with van der Waals surface area (Å²) in [6.45, 7) is 7.48. The van der Waals surface area contributed by atoms with E-state index in [1.54, 1.807) is 44.7 Å². The molecule has 0 radical (unpaired) electrons. The highest BCUT2D eigenvalue weighted by atomic mass is 16.2. The Bertz CT molecular complexity index is 1470. The van der Waals surface area contributed by atoms with Crippen molar-refractivity contribution in [1.82, 2.24) is 43.9 Å². The summed E-state index contributed by atoms with van der Waals surface area (Å²) in [6, 6.07) is 3.52. The Hall–Kier alpha value is -4.28.